The van der Waals surface area contributed by atoms with Gasteiger partial charge in [0.25, 0.3) is 0 Å². The van der Waals surface area contributed by atoms with Crippen molar-refractivity contribution in [3.8, 4) is 0 Å². The van der Waals surface area contributed by atoms with Crippen LogP contribution >= 0.6 is 0 Å². The van der Waals surface area contributed by atoms with Gasteiger partial charge in [0.1, 0.15) is 12.7 Å². The lowest BCUT2D eigenvalue weighted by Crippen LogP contribution is -2.13. The summed E-state index contributed by atoms with van der Waals surface area (Å²) in [7, 11) is 0. The Morgan fingerprint density at radius 3 is 2.00 bits per heavy atom. The van der Waals surface area contributed by atoms with Crippen LogP contribution in [0.25, 0.3) is 0 Å². The molecule has 0 bridgehead atoms. The number of carbonyl (C=O) groups is 3. The molecule has 7 nitrogen and oxygen atoms in total. The summed E-state index contributed by atoms with van der Waals surface area (Å²) in [5, 5.41) is 0. The second-order valence-corrected chi connectivity index (χ2v) is 6.18. The molecular weight excluding hydrogens is 352 g/mol. The van der Waals surface area contributed by atoms with Crippen LogP contribution in [0.15, 0.2) is 24.3 Å². The third kappa shape index (κ3) is 14.7. The van der Waals surface area contributed by atoms with Crippen molar-refractivity contribution in [2.45, 2.75) is 59.0 Å². The fourth-order valence-electron chi connectivity index (χ4n) is 1.50. The minimum atomic E-state index is -0.508. The fourth-order valence-corrected chi connectivity index (χ4v) is 1.50. The smallest absolute Gasteiger partial charge is 0.333 e. The Hall–Kier alpha value is -2.15. The van der Waals surface area contributed by atoms with Crippen LogP contribution < -0.4 is 0 Å². The van der Waals surface area contributed by atoms with Crippen molar-refractivity contribution < 1.29 is 33.3 Å². The van der Waals surface area contributed by atoms with Gasteiger partial charge in [0.15, 0.2) is 0 Å². The molecule has 154 valence electrons. The molecule has 1 atom stereocenters. The summed E-state index contributed by atoms with van der Waals surface area (Å²) in [5.74, 6) is -1.27. The largest absolute Gasteiger partial charge is 0.465 e. The molecular formula is C20H32O7. The van der Waals surface area contributed by atoms with E-state index in [1.54, 1.807) is 6.92 Å². The summed E-state index contributed by atoms with van der Waals surface area (Å²) in [6.07, 6.45) is 3.63. The average molecular weight is 384 g/mol. The van der Waals surface area contributed by atoms with Crippen LogP contribution in [-0.2, 0) is 33.3 Å². The highest BCUT2D eigenvalue weighted by atomic mass is 16.6. The molecule has 0 aromatic carbocycles. The van der Waals surface area contributed by atoms with Gasteiger partial charge < -0.3 is 18.9 Å². The molecule has 1 aliphatic rings. The van der Waals surface area contributed by atoms with Gasteiger partial charge >= 0.3 is 17.9 Å². The number of carbonyl (C=O) groups excluding carboxylic acids is 3. The molecule has 0 spiro atoms. The van der Waals surface area contributed by atoms with Gasteiger partial charge in [-0.2, -0.15) is 0 Å². The van der Waals surface area contributed by atoms with Crippen molar-refractivity contribution in [1.82, 2.24) is 0 Å². The molecule has 0 aliphatic carbocycles. The molecule has 1 rings (SSSR count). The minimum Gasteiger partial charge on any atom is -0.465 e. The summed E-state index contributed by atoms with van der Waals surface area (Å²) < 4.78 is 19.4. The maximum atomic E-state index is 11.4. The normalized spacial score (nSPS) is 14.3. The van der Waals surface area contributed by atoms with E-state index in [4.69, 9.17) is 18.9 Å². The molecule has 1 saturated heterocycles. The standard InChI is InChI=1S/C13H22O4.C7H10O3/c1-4-6-8-16-12(14)10-11(3)13(15)17-9-7-5-2;1-5(2)7(8)10-4-6-3-9-6/h3-10H2,1-2H3;6H,1,3-4H2,2H3. The van der Waals surface area contributed by atoms with Crippen molar-refractivity contribution in [2.24, 2.45) is 0 Å². The van der Waals surface area contributed by atoms with Crippen LogP contribution in [0.1, 0.15) is 52.9 Å². The van der Waals surface area contributed by atoms with Gasteiger partial charge in [0.05, 0.1) is 26.2 Å². The molecule has 27 heavy (non-hydrogen) atoms. The number of hydrogen-bond donors (Lipinski definition) is 0. The number of unbranched alkanes of at least 4 members (excludes halogenated alkanes) is 2. The summed E-state index contributed by atoms with van der Waals surface area (Å²) in [6.45, 7) is 14.5. The highest BCUT2D eigenvalue weighted by Crippen LogP contribution is 2.09. The van der Waals surface area contributed by atoms with Crippen LogP contribution in [0, 0.1) is 0 Å². The second kappa shape index (κ2) is 15.0. The summed E-state index contributed by atoms with van der Waals surface area (Å²) >= 11 is 0. The third-order valence-electron chi connectivity index (χ3n) is 3.29. The number of hydrogen-bond acceptors (Lipinski definition) is 7. The lowest BCUT2D eigenvalue weighted by Gasteiger charge is -2.07. The lowest BCUT2D eigenvalue weighted by molar-refractivity contribution is -0.146. The van der Waals surface area contributed by atoms with Crippen molar-refractivity contribution in [1.29, 1.82) is 0 Å². The van der Waals surface area contributed by atoms with Crippen molar-refractivity contribution in [3.63, 3.8) is 0 Å². The second-order valence-electron chi connectivity index (χ2n) is 6.18. The topological polar surface area (TPSA) is 91.4 Å². The van der Waals surface area contributed by atoms with E-state index in [1.807, 2.05) is 13.8 Å². The summed E-state index contributed by atoms with van der Waals surface area (Å²) in [5.41, 5.74) is 0.586. The predicted molar refractivity (Wildman–Crippen MR) is 101 cm³/mol. The monoisotopic (exact) mass is 384 g/mol. The number of rotatable bonds is 12. The Balaban J connectivity index is 0.000000569. The van der Waals surface area contributed by atoms with Crippen LogP contribution in [-0.4, -0.2) is 50.4 Å². The van der Waals surface area contributed by atoms with E-state index in [2.05, 4.69) is 13.2 Å². The van der Waals surface area contributed by atoms with Crippen LogP contribution in [0.2, 0.25) is 0 Å². The first kappa shape index (κ1) is 24.8. The van der Waals surface area contributed by atoms with E-state index < -0.39 is 11.9 Å². The van der Waals surface area contributed by atoms with E-state index in [-0.39, 0.29) is 24.1 Å². The molecule has 0 radical (unpaired) electrons. The van der Waals surface area contributed by atoms with Gasteiger partial charge in [-0.1, -0.05) is 39.8 Å². The molecule has 0 amide bonds. The SMILES string of the molecule is C=C(C)C(=O)OCC1CO1.C=C(CC(=O)OCCCC)C(=O)OCCCC. The molecule has 0 aromatic rings. The molecule has 1 aliphatic heterocycles. The molecule has 1 heterocycles. The molecule has 0 N–H and O–H groups in total. The fraction of sp³-hybridized carbons (Fsp3) is 0.650. The Bertz CT molecular complexity index is 506. The molecule has 0 saturated carbocycles. The number of esters is 3. The minimum absolute atomic E-state index is 0.0886. The predicted octanol–water partition coefficient (Wildman–Crippen LogP) is 3.12. The highest BCUT2D eigenvalue weighted by Gasteiger charge is 2.24. The van der Waals surface area contributed by atoms with Crippen LogP contribution in [0.4, 0.5) is 0 Å². The van der Waals surface area contributed by atoms with Crippen molar-refractivity contribution in [2.75, 3.05) is 26.4 Å². The Kier molecular flexibility index (Phi) is 13.8. The van der Waals surface area contributed by atoms with Gasteiger partial charge in [-0.15, -0.1) is 0 Å². The van der Waals surface area contributed by atoms with E-state index in [9.17, 15) is 14.4 Å². The first-order valence-electron chi connectivity index (χ1n) is 9.26. The zero-order valence-corrected chi connectivity index (χ0v) is 16.7. The molecule has 1 fully saturated rings. The van der Waals surface area contributed by atoms with Crippen LogP contribution in [0.3, 0.4) is 0 Å². The molecule has 1 unspecified atom stereocenters. The number of ether oxygens (including phenoxy) is 4. The van der Waals surface area contributed by atoms with Gasteiger partial charge in [-0.25, -0.2) is 9.59 Å². The van der Waals surface area contributed by atoms with Crippen molar-refractivity contribution >= 4 is 17.9 Å². The lowest BCUT2D eigenvalue weighted by atomic mass is 10.2. The first-order valence-corrected chi connectivity index (χ1v) is 9.26. The summed E-state index contributed by atoms with van der Waals surface area (Å²) in [6, 6.07) is 0. The quantitative estimate of drug-likeness (QED) is 0.168. The molecule has 0 aromatic heterocycles. The Morgan fingerprint density at radius 1 is 0.963 bits per heavy atom. The average Bonchev–Trinajstić information content (AvgIpc) is 3.44. The van der Waals surface area contributed by atoms with E-state index in [1.165, 1.54) is 0 Å². The maximum Gasteiger partial charge on any atom is 0.333 e. The zero-order valence-electron chi connectivity index (χ0n) is 16.7. The Labute approximate surface area is 161 Å². The third-order valence-corrected chi connectivity index (χ3v) is 3.29. The van der Waals surface area contributed by atoms with E-state index in [0.29, 0.717) is 32.0 Å². The van der Waals surface area contributed by atoms with Crippen molar-refractivity contribution in [3.05, 3.63) is 24.3 Å². The van der Waals surface area contributed by atoms with Crippen LogP contribution in [0.5, 0.6) is 0 Å². The molecule has 7 heteroatoms. The maximum absolute atomic E-state index is 11.4. The van der Waals surface area contributed by atoms with Gasteiger partial charge in [0.2, 0.25) is 0 Å². The van der Waals surface area contributed by atoms with Gasteiger partial charge in [-0.05, 0) is 19.8 Å². The van der Waals surface area contributed by atoms with E-state index in [0.717, 1.165) is 25.7 Å². The first-order chi connectivity index (χ1) is 12.8. The highest BCUT2D eigenvalue weighted by molar-refractivity contribution is 5.93. The number of epoxide rings is 1. The Morgan fingerprint density at radius 2 is 1.52 bits per heavy atom. The van der Waals surface area contributed by atoms with Gasteiger partial charge in [0, 0.05) is 11.1 Å². The zero-order chi connectivity index (χ0) is 20.7. The van der Waals surface area contributed by atoms with Gasteiger partial charge in [-0.3, -0.25) is 4.79 Å². The summed E-state index contributed by atoms with van der Waals surface area (Å²) in [4.78, 5) is 33.3. The van der Waals surface area contributed by atoms with E-state index >= 15 is 0 Å².